The fourth-order valence-electron chi connectivity index (χ4n) is 2.36. The van der Waals surface area contributed by atoms with Gasteiger partial charge in [0.25, 0.3) is 5.56 Å². The molecule has 4 rings (SSSR count). The minimum atomic E-state index is -0.184. The number of fused-ring (bicyclic) bond motifs is 1. The van der Waals surface area contributed by atoms with Gasteiger partial charge in [0.15, 0.2) is 11.0 Å². The van der Waals surface area contributed by atoms with E-state index in [0.29, 0.717) is 28.0 Å². The molecule has 6 nitrogen and oxygen atoms in total. The second kappa shape index (κ2) is 6.64. The number of nitrogens with one attached hydrogen (secondary N) is 1. The quantitative estimate of drug-likeness (QED) is 0.392. The average molecular weight is 405 g/mol. The van der Waals surface area contributed by atoms with Crippen LogP contribution in [-0.4, -0.2) is 20.1 Å². The van der Waals surface area contributed by atoms with E-state index < -0.39 is 0 Å². The van der Waals surface area contributed by atoms with Gasteiger partial charge < -0.3 is 9.51 Å². The smallest absolute Gasteiger partial charge is 0.260 e. The Bertz CT molecular complexity index is 1100. The largest absolute Gasteiger partial charge is 0.339 e. The first kappa shape index (κ1) is 17.4. The van der Waals surface area contributed by atoms with Crippen molar-refractivity contribution in [2.45, 2.75) is 37.1 Å². The summed E-state index contributed by atoms with van der Waals surface area (Å²) in [6.45, 7) is 6.06. The van der Waals surface area contributed by atoms with Crippen LogP contribution < -0.4 is 5.56 Å². The second-order valence-electron chi connectivity index (χ2n) is 6.73. The highest BCUT2D eigenvalue weighted by Gasteiger charge is 2.22. The highest BCUT2D eigenvalue weighted by atomic mass is 32.2. The number of aromatic nitrogens is 4. The van der Waals surface area contributed by atoms with Gasteiger partial charge in [0, 0.05) is 21.2 Å². The number of hydrogen-bond donors (Lipinski definition) is 1. The standard InChI is InChI=1S/C17H16N4O2S3/c1-17(2,3)15-18-11(21-23-15)8-26-16-19-13(22)12-9(7-25-14(12)20-16)10-5-4-6-24-10/h4-7H,8H2,1-3H3,(H,19,20,22). The number of thiophene rings is 2. The second-order valence-corrected chi connectivity index (χ2v) is 9.50. The third-order valence-electron chi connectivity index (χ3n) is 3.66. The minimum Gasteiger partial charge on any atom is -0.339 e. The average Bonchev–Trinajstić information content (AvgIpc) is 3.31. The van der Waals surface area contributed by atoms with Gasteiger partial charge in [-0.2, -0.15) is 4.98 Å². The fraction of sp³-hybridized carbons (Fsp3) is 0.294. The molecule has 4 aromatic rings. The Balaban J connectivity index is 1.58. The molecule has 0 amide bonds. The van der Waals surface area contributed by atoms with E-state index in [4.69, 9.17) is 4.52 Å². The lowest BCUT2D eigenvalue weighted by atomic mass is 9.97. The predicted molar refractivity (Wildman–Crippen MR) is 106 cm³/mol. The van der Waals surface area contributed by atoms with Crippen LogP contribution in [0.2, 0.25) is 0 Å². The lowest BCUT2D eigenvalue weighted by molar-refractivity contribution is 0.319. The van der Waals surface area contributed by atoms with Crippen molar-refractivity contribution in [2.75, 3.05) is 0 Å². The van der Waals surface area contributed by atoms with Gasteiger partial charge in [-0.25, -0.2) is 4.98 Å². The molecule has 0 saturated carbocycles. The Hall–Kier alpha value is -1.97. The Labute approximate surface area is 161 Å². The summed E-state index contributed by atoms with van der Waals surface area (Å²) in [4.78, 5) is 26.2. The van der Waals surface area contributed by atoms with Gasteiger partial charge in [-0.1, -0.05) is 43.8 Å². The third kappa shape index (κ3) is 3.34. The zero-order valence-corrected chi connectivity index (χ0v) is 16.8. The van der Waals surface area contributed by atoms with Crippen LogP contribution in [0.5, 0.6) is 0 Å². The summed E-state index contributed by atoms with van der Waals surface area (Å²) >= 11 is 4.49. The topological polar surface area (TPSA) is 84.7 Å². The number of aromatic amines is 1. The molecule has 26 heavy (non-hydrogen) atoms. The monoisotopic (exact) mass is 404 g/mol. The SMILES string of the molecule is CC(C)(C)c1nc(CSc2nc3scc(-c4cccs4)c3c(=O)[nH]2)no1. The molecule has 9 heteroatoms. The molecule has 0 aromatic carbocycles. The van der Waals surface area contributed by atoms with Crippen LogP contribution in [0.25, 0.3) is 20.7 Å². The van der Waals surface area contributed by atoms with E-state index in [-0.39, 0.29) is 11.0 Å². The molecule has 4 aromatic heterocycles. The summed E-state index contributed by atoms with van der Waals surface area (Å²) in [5, 5.41) is 9.20. The summed E-state index contributed by atoms with van der Waals surface area (Å²) in [5.41, 5.74) is 0.639. The fourth-order valence-corrected chi connectivity index (χ4v) is 4.88. The maximum atomic E-state index is 12.6. The molecule has 0 saturated heterocycles. The third-order valence-corrected chi connectivity index (χ3v) is 6.30. The van der Waals surface area contributed by atoms with Gasteiger partial charge in [-0.3, -0.25) is 4.79 Å². The van der Waals surface area contributed by atoms with Crippen LogP contribution in [0.4, 0.5) is 0 Å². The molecule has 0 aliphatic heterocycles. The Kier molecular flexibility index (Phi) is 4.45. The molecular weight excluding hydrogens is 388 g/mol. The number of thioether (sulfide) groups is 1. The maximum Gasteiger partial charge on any atom is 0.260 e. The minimum absolute atomic E-state index is 0.120. The van der Waals surface area contributed by atoms with E-state index in [1.165, 1.54) is 23.1 Å². The molecule has 0 aliphatic rings. The van der Waals surface area contributed by atoms with Crippen LogP contribution >= 0.6 is 34.4 Å². The Morgan fingerprint density at radius 3 is 2.81 bits per heavy atom. The highest BCUT2D eigenvalue weighted by molar-refractivity contribution is 7.98. The van der Waals surface area contributed by atoms with Crippen LogP contribution in [0.3, 0.4) is 0 Å². The van der Waals surface area contributed by atoms with Gasteiger partial charge in [0.2, 0.25) is 5.89 Å². The van der Waals surface area contributed by atoms with Gasteiger partial charge in [0.1, 0.15) is 4.83 Å². The van der Waals surface area contributed by atoms with E-state index in [2.05, 4.69) is 20.1 Å². The van der Waals surface area contributed by atoms with Crippen LogP contribution in [-0.2, 0) is 11.2 Å². The summed E-state index contributed by atoms with van der Waals surface area (Å²) in [5.74, 6) is 1.67. The predicted octanol–water partition coefficient (Wildman–Crippen LogP) is 4.69. The molecular formula is C17H16N4O2S3. The Morgan fingerprint density at radius 1 is 1.27 bits per heavy atom. The van der Waals surface area contributed by atoms with Crippen LogP contribution in [0.1, 0.15) is 32.5 Å². The lowest BCUT2D eigenvalue weighted by Gasteiger charge is -2.10. The van der Waals surface area contributed by atoms with E-state index in [0.717, 1.165) is 15.3 Å². The molecule has 4 heterocycles. The van der Waals surface area contributed by atoms with Crippen molar-refractivity contribution < 1.29 is 4.52 Å². The summed E-state index contributed by atoms with van der Waals surface area (Å²) < 4.78 is 5.29. The van der Waals surface area contributed by atoms with E-state index in [1.807, 2.05) is 43.7 Å². The number of hydrogen-bond acceptors (Lipinski definition) is 8. The van der Waals surface area contributed by atoms with Gasteiger partial charge >= 0.3 is 0 Å². The van der Waals surface area contributed by atoms with Gasteiger partial charge in [0.05, 0.1) is 11.1 Å². The molecule has 0 radical (unpaired) electrons. The lowest BCUT2D eigenvalue weighted by Crippen LogP contribution is -2.11. The van der Waals surface area contributed by atoms with Crippen molar-refractivity contribution in [1.29, 1.82) is 0 Å². The number of H-pyrrole nitrogens is 1. The maximum absolute atomic E-state index is 12.6. The highest BCUT2D eigenvalue weighted by Crippen LogP contribution is 2.34. The molecule has 0 fully saturated rings. The first-order valence-electron chi connectivity index (χ1n) is 7.93. The van der Waals surface area contributed by atoms with Gasteiger partial charge in [-0.05, 0) is 11.4 Å². The molecule has 0 bridgehead atoms. The zero-order chi connectivity index (χ0) is 18.3. The van der Waals surface area contributed by atoms with E-state index in [1.54, 1.807) is 11.3 Å². The van der Waals surface area contributed by atoms with Crippen LogP contribution in [0.15, 0.2) is 37.4 Å². The number of rotatable bonds is 4. The normalized spacial score (nSPS) is 12.1. The van der Waals surface area contributed by atoms with E-state index >= 15 is 0 Å². The molecule has 0 atom stereocenters. The van der Waals surface area contributed by atoms with Crippen molar-refractivity contribution in [3.05, 3.63) is 45.0 Å². The van der Waals surface area contributed by atoms with Gasteiger partial charge in [-0.15, -0.1) is 22.7 Å². The van der Waals surface area contributed by atoms with Crippen molar-refractivity contribution >= 4 is 44.7 Å². The first-order valence-corrected chi connectivity index (χ1v) is 10.7. The molecule has 0 unspecified atom stereocenters. The van der Waals surface area contributed by atoms with Crippen molar-refractivity contribution in [1.82, 2.24) is 20.1 Å². The number of nitrogens with zero attached hydrogens (tertiary/aromatic N) is 3. The first-order chi connectivity index (χ1) is 12.4. The van der Waals surface area contributed by atoms with Crippen molar-refractivity contribution in [3.63, 3.8) is 0 Å². The molecule has 134 valence electrons. The molecule has 1 N–H and O–H groups in total. The molecule has 0 spiro atoms. The van der Waals surface area contributed by atoms with E-state index in [9.17, 15) is 4.79 Å². The zero-order valence-electron chi connectivity index (χ0n) is 14.4. The van der Waals surface area contributed by atoms with Crippen molar-refractivity contribution in [3.8, 4) is 10.4 Å². The summed E-state index contributed by atoms with van der Waals surface area (Å²) in [6.07, 6.45) is 0. The van der Waals surface area contributed by atoms with Crippen LogP contribution in [0, 0.1) is 0 Å². The Morgan fingerprint density at radius 2 is 2.12 bits per heavy atom. The summed E-state index contributed by atoms with van der Waals surface area (Å²) in [6, 6.07) is 3.99. The molecule has 0 aliphatic carbocycles. The summed E-state index contributed by atoms with van der Waals surface area (Å²) in [7, 11) is 0. The van der Waals surface area contributed by atoms with Crippen molar-refractivity contribution in [2.24, 2.45) is 0 Å².